The highest BCUT2D eigenvalue weighted by molar-refractivity contribution is 5.91. The Balaban J connectivity index is 1.46. The minimum Gasteiger partial charge on any atom is -0.349 e. The van der Waals surface area contributed by atoms with Gasteiger partial charge in [0.15, 0.2) is 5.69 Å². The molecular weight excluding hydrogens is 284 g/mol. The van der Waals surface area contributed by atoms with E-state index < -0.39 is 0 Å². The van der Waals surface area contributed by atoms with E-state index in [-0.39, 0.29) is 5.91 Å². The number of nitrogens with zero attached hydrogens (tertiary/aromatic N) is 6. The van der Waals surface area contributed by atoms with Crippen molar-refractivity contribution in [2.75, 3.05) is 19.6 Å². The lowest BCUT2D eigenvalue weighted by Crippen LogP contribution is -2.32. The second-order valence-corrected chi connectivity index (χ2v) is 5.46. The first-order valence-corrected chi connectivity index (χ1v) is 7.54. The van der Waals surface area contributed by atoms with Crippen molar-refractivity contribution in [3.8, 4) is 0 Å². The van der Waals surface area contributed by atoms with Gasteiger partial charge < -0.3 is 10.6 Å². The van der Waals surface area contributed by atoms with Crippen molar-refractivity contribution in [2.45, 2.75) is 25.9 Å². The molecule has 0 spiro atoms. The molecule has 1 unspecified atom stereocenters. The van der Waals surface area contributed by atoms with Crippen LogP contribution in [0.2, 0.25) is 0 Å². The van der Waals surface area contributed by atoms with E-state index >= 15 is 0 Å². The smallest absolute Gasteiger partial charge is 0.273 e. The van der Waals surface area contributed by atoms with Crippen LogP contribution in [0.25, 0.3) is 0 Å². The molecule has 2 aromatic heterocycles. The van der Waals surface area contributed by atoms with E-state index in [1.54, 1.807) is 28.0 Å². The Labute approximate surface area is 128 Å². The summed E-state index contributed by atoms with van der Waals surface area (Å²) in [6, 6.07) is 0. The van der Waals surface area contributed by atoms with E-state index in [0.717, 1.165) is 19.6 Å². The highest BCUT2D eigenvalue weighted by Gasteiger charge is 2.16. The summed E-state index contributed by atoms with van der Waals surface area (Å²) >= 11 is 0. The van der Waals surface area contributed by atoms with Crippen LogP contribution in [0.5, 0.6) is 0 Å². The van der Waals surface area contributed by atoms with Gasteiger partial charge in [0.1, 0.15) is 0 Å². The Bertz CT molecular complexity index is 587. The van der Waals surface area contributed by atoms with E-state index in [0.29, 0.717) is 24.7 Å². The molecule has 9 heteroatoms. The average molecular weight is 304 g/mol. The molecule has 3 heterocycles. The number of carbonyl (C=O) groups excluding carboxylic acids is 1. The molecule has 1 aliphatic rings. The Kier molecular flexibility index (Phi) is 4.74. The summed E-state index contributed by atoms with van der Waals surface area (Å²) < 4.78 is 3.41. The lowest BCUT2D eigenvalue weighted by molar-refractivity contribution is 0.0946. The quantitative estimate of drug-likeness (QED) is 0.731. The summed E-state index contributed by atoms with van der Waals surface area (Å²) in [7, 11) is 0. The molecule has 9 nitrogen and oxygen atoms in total. The van der Waals surface area contributed by atoms with Gasteiger partial charge in [-0.1, -0.05) is 10.4 Å². The van der Waals surface area contributed by atoms with Gasteiger partial charge in [-0.15, -0.1) is 10.2 Å². The van der Waals surface area contributed by atoms with Gasteiger partial charge >= 0.3 is 0 Å². The van der Waals surface area contributed by atoms with Crippen molar-refractivity contribution in [2.24, 2.45) is 5.92 Å². The Morgan fingerprint density at radius 3 is 3.14 bits per heavy atom. The van der Waals surface area contributed by atoms with Crippen molar-refractivity contribution in [1.29, 1.82) is 0 Å². The summed E-state index contributed by atoms with van der Waals surface area (Å²) in [5, 5.41) is 21.7. The predicted molar refractivity (Wildman–Crippen MR) is 78.0 cm³/mol. The van der Waals surface area contributed by atoms with Crippen molar-refractivity contribution in [3.63, 3.8) is 0 Å². The van der Waals surface area contributed by atoms with Crippen molar-refractivity contribution in [1.82, 2.24) is 40.6 Å². The van der Waals surface area contributed by atoms with Gasteiger partial charge in [0, 0.05) is 19.3 Å². The number of hydrogen-bond donors (Lipinski definition) is 2. The molecule has 1 saturated heterocycles. The van der Waals surface area contributed by atoms with E-state index in [1.807, 2.05) is 0 Å². The first-order valence-electron chi connectivity index (χ1n) is 7.54. The lowest BCUT2D eigenvalue weighted by Gasteiger charge is -2.22. The number of nitrogens with one attached hydrogen (secondary N) is 2. The number of rotatable bonds is 6. The summed E-state index contributed by atoms with van der Waals surface area (Å²) in [6.07, 6.45) is 7.44. The minimum atomic E-state index is -0.215. The van der Waals surface area contributed by atoms with Crippen LogP contribution in [0.15, 0.2) is 18.6 Å². The Morgan fingerprint density at radius 2 is 2.36 bits per heavy atom. The fourth-order valence-corrected chi connectivity index (χ4v) is 2.56. The van der Waals surface area contributed by atoms with Crippen LogP contribution >= 0.6 is 0 Å². The summed E-state index contributed by atoms with van der Waals surface area (Å²) in [5.41, 5.74) is 0.349. The summed E-state index contributed by atoms with van der Waals surface area (Å²) in [5.74, 6) is 0.340. The molecule has 0 aromatic carbocycles. The molecule has 1 aliphatic heterocycles. The number of hydrogen-bond acceptors (Lipinski definition) is 6. The van der Waals surface area contributed by atoms with Crippen LogP contribution in [0.1, 0.15) is 23.3 Å². The maximum atomic E-state index is 12.0. The highest BCUT2D eigenvalue weighted by atomic mass is 16.2. The first kappa shape index (κ1) is 14.6. The van der Waals surface area contributed by atoms with Crippen LogP contribution in [-0.2, 0) is 13.1 Å². The molecule has 1 amide bonds. The van der Waals surface area contributed by atoms with Gasteiger partial charge in [0.25, 0.3) is 5.91 Å². The second kappa shape index (κ2) is 7.12. The fourth-order valence-electron chi connectivity index (χ4n) is 2.56. The molecule has 0 aliphatic carbocycles. The number of carbonyl (C=O) groups is 1. The molecular formula is C13H20N8O. The third kappa shape index (κ3) is 3.88. The molecule has 2 N–H and O–H groups in total. The van der Waals surface area contributed by atoms with E-state index in [1.165, 1.54) is 12.8 Å². The third-order valence-electron chi connectivity index (χ3n) is 3.71. The third-order valence-corrected chi connectivity index (χ3v) is 3.71. The van der Waals surface area contributed by atoms with Gasteiger partial charge in [-0.25, -0.2) is 0 Å². The van der Waals surface area contributed by atoms with Crippen molar-refractivity contribution in [3.05, 3.63) is 24.3 Å². The highest BCUT2D eigenvalue weighted by Crippen LogP contribution is 2.11. The molecule has 0 bridgehead atoms. The number of aromatic nitrogens is 6. The largest absolute Gasteiger partial charge is 0.349 e. The Hall–Kier alpha value is -2.29. The number of amides is 1. The second-order valence-electron chi connectivity index (χ2n) is 5.46. The van der Waals surface area contributed by atoms with E-state index in [9.17, 15) is 4.79 Å². The summed E-state index contributed by atoms with van der Waals surface area (Å²) in [6.45, 7) is 3.94. The molecule has 1 fully saturated rings. The average Bonchev–Trinajstić information content (AvgIpc) is 3.20. The van der Waals surface area contributed by atoms with Gasteiger partial charge in [0.2, 0.25) is 0 Å². The van der Waals surface area contributed by atoms with Crippen LogP contribution < -0.4 is 10.6 Å². The zero-order chi connectivity index (χ0) is 15.2. The fraction of sp³-hybridized carbons (Fsp3) is 0.615. The normalized spacial score (nSPS) is 18.3. The van der Waals surface area contributed by atoms with Crippen LogP contribution in [-0.4, -0.2) is 55.5 Å². The van der Waals surface area contributed by atoms with Crippen molar-refractivity contribution >= 4 is 5.91 Å². The topological polar surface area (TPSA) is 103 Å². The molecule has 2 aromatic rings. The van der Waals surface area contributed by atoms with Gasteiger partial charge in [0.05, 0.1) is 18.9 Å². The van der Waals surface area contributed by atoms with Gasteiger partial charge in [-0.05, 0) is 31.8 Å². The van der Waals surface area contributed by atoms with E-state index in [2.05, 4.69) is 31.3 Å². The maximum Gasteiger partial charge on any atom is 0.273 e. The van der Waals surface area contributed by atoms with Crippen LogP contribution in [0, 0.1) is 5.92 Å². The monoisotopic (exact) mass is 304 g/mol. The first-order chi connectivity index (χ1) is 10.8. The lowest BCUT2D eigenvalue weighted by atomic mass is 10.00. The minimum absolute atomic E-state index is 0.215. The van der Waals surface area contributed by atoms with E-state index in [4.69, 9.17) is 0 Å². The van der Waals surface area contributed by atoms with Crippen LogP contribution in [0.3, 0.4) is 0 Å². The molecule has 0 saturated carbocycles. The predicted octanol–water partition coefficient (Wildman–Crippen LogP) is -0.701. The molecule has 1 atom stereocenters. The molecule has 22 heavy (non-hydrogen) atoms. The molecule has 3 rings (SSSR count). The zero-order valence-corrected chi connectivity index (χ0v) is 12.4. The van der Waals surface area contributed by atoms with Crippen molar-refractivity contribution < 1.29 is 4.79 Å². The summed E-state index contributed by atoms with van der Waals surface area (Å²) in [4.78, 5) is 12.0. The molecule has 118 valence electrons. The van der Waals surface area contributed by atoms with Gasteiger partial charge in [-0.2, -0.15) is 0 Å². The standard InChI is InChI=1S/C13H20N8O/c22-13(15-4-6-20-7-5-16-18-20)12-10-21(19-17-12)9-11-2-1-3-14-8-11/h5,7,10-11,14H,1-4,6,8-9H2,(H,15,22). The zero-order valence-electron chi connectivity index (χ0n) is 12.4. The Morgan fingerprint density at radius 1 is 1.41 bits per heavy atom. The number of piperidine rings is 1. The molecule has 0 radical (unpaired) electrons. The van der Waals surface area contributed by atoms with Gasteiger partial charge in [-0.3, -0.25) is 14.2 Å². The SMILES string of the molecule is O=C(NCCn1ccnn1)c1cn(CC2CCCNC2)nn1. The maximum absolute atomic E-state index is 12.0. The van der Waals surface area contributed by atoms with Crippen LogP contribution in [0.4, 0.5) is 0 Å².